The van der Waals surface area contributed by atoms with Crippen LogP contribution in [0.25, 0.3) is 0 Å². The van der Waals surface area contributed by atoms with Gasteiger partial charge in [0.15, 0.2) is 6.10 Å². The van der Waals surface area contributed by atoms with Gasteiger partial charge in [0.2, 0.25) is 0 Å². The van der Waals surface area contributed by atoms with Gasteiger partial charge in [0, 0.05) is 12.2 Å². The lowest BCUT2D eigenvalue weighted by Gasteiger charge is -2.23. The molecule has 126 valence electrons. The van der Waals surface area contributed by atoms with E-state index in [9.17, 15) is 4.79 Å². The Kier molecular flexibility index (Phi) is 4.35. The second-order valence-corrected chi connectivity index (χ2v) is 7.40. The molecule has 3 nitrogen and oxygen atoms in total. The number of amides is 1. The number of nitrogens with zero attached hydrogens (tertiary/aromatic N) is 1. The van der Waals surface area contributed by atoms with Crippen molar-refractivity contribution in [1.29, 1.82) is 0 Å². The minimum Gasteiger partial charge on any atom is -0.481 e. The van der Waals surface area contributed by atoms with Crippen molar-refractivity contribution in [3.05, 3.63) is 59.7 Å². The number of para-hydroxylation sites is 1. The van der Waals surface area contributed by atoms with Crippen molar-refractivity contribution < 1.29 is 9.53 Å². The largest absolute Gasteiger partial charge is 0.481 e. The zero-order valence-electron chi connectivity index (χ0n) is 14.9. The van der Waals surface area contributed by atoms with Gasteiger partial charge in [-0.15, -0.1) is 0 Å². The van der Waals surface area contributed by atoms with Gasteiger partial charge in [-0.2, -0.15) is 0 Å². The Morgan fingerprint density at radius 1 is 1.08 bits per heavy atom. The minimum absolute atomic E-state index is 0.0137. The van der Waals surface area contributed by atoms with Gasteiger partial charge in [-0.05, 0) is 48.1 Å². The van der Waals surface area contributed by atoms with Crippen molar-refractivity contribution in [1.82, 2.24) is 0 Å². The summed E-state index contributed by atoms with van der Waals surface area (Å²) >= 11 is 0. The number of carbonyl (C=O) groups excluding carboxylic acids is 1. The van der Waals surface area contributed by atoms with E-state index >= 15 is 0 Å². The Bertz CT molecular complexity index is 728. The maximum Gasteiger partial charge on any atom is 0.267 e. The number of hydrogen-bond acceptors (Lipinski definition) is 2. The molecule has 0 aromatic heterocycles. The molecule has 2 aromatic carbocycles. The number of fused-ring (bicyclic) bond motifs is 1. The third-order valence-corrected chi connectivity index (χ3v) is 4.53. The van der Waals surface area contributed by atoms with Gasteiger partial charge < -0.3 is 9.64 Å². The molecular formula is C21H25NO2. The number of benzene rings is 2. The Labute approximate surface area is 144 Å². The standard InChI is InChI=1S/C21H25NO2/c1-15(24-18-11-9-17(10-12-18)21(2,3)4)20(23)22-14-13-16-7-5-6-8-19(16)22/h5-12,15H,13-14H2,1-4H3. The van der Waals surface area contributed by atoms with E-state index in [1.165, 1.54) is 11.1 Å². The van der Waals surface area contributed by atoms with Crippen LogP contribution < -0.4 is 9.64 Å². The van der Waals surface area contributed by atoms with Crippen molar-refractivity contribution in [3.8, 4) is 5.75 Å². The molecule has 1 unspecified atom stereocenters. The second-order valence-electron chi connectivity index (χ2n) is 7.40. The van der Waals surface area contributed by atoms with Gasteiger partial charge in [-0.3, -0.25) is 4.79 Å². The summed E-state index contributed by atoms with van der Waals surface area (Å²) in [6.07, 6.45) is 0.409. The van der Waals surface area contributed by atoms with E-state index in [1.54, 1.807) is 0 Å². The number of hydrogen-bond donors (Lipinski definition) is 0. The van der Waals surface area contributed by atoms with Crippen molar-refractivity contribution in [2.45, 2.75) is 45.6 Å². The maximum atomic E-state index is 12.7. The van der Waals surface area contributed by atoms with Gasteiger partial charge in [-0.1, -0.05) is 51.1 Å². The van der Waals surface area contributed by atoms with Crippen molar-refractivity contribution in [3.63, 3.8) is 0 Å². The van der Waals surface area contributed by atoms with Crippen LogP contribution in [0.5, 0.6) is 5.75 Å². The first-order chi connectivity index (χ1) is 11.4. The summed E-state index contributed by atoms with van der Waals surface area (Å²) in [5, 5.41) is 0. The van der Waals surface area contributed by atoms with Crippen LogP contribution in [0, 0.1) is 0 Å². The molecule has 0 spiro atoms. The minimum atomic E-state index is -0.503. The molecule has 3 heteroatoms. The average Bonchev–Trinajstić information content (AvgIpc) is 2.97. The van der Waals surface area contributed by atoms with Crippen LogP contribution in [0.2, 0.25) is 0 Å². The van der Waals surface area contributed by atoms with Crippen LogP contribution in [0.4, 0.5) is 5.69 Å². The highest BCUT2D eigenvalue weighted by molar-refractivity contribution is 5.98. The zero-order valence-corrected chi connectivity index (χ0v) is 14.9. The Morgan fingerprint density at radius 3 is 2.42 bits per heavy atom. The molecule has 1 amide bonds. The average molecular weight is 323 g/mol. The fourth-order valence-corrected chi connectivity index (χ4v) is 3.07. The predicted octanol–water partition coefficient (Wildman–Crippen LogP) is 4.34. The van der Waals surface area contributed by atoms with Gasteiger partial charge in [0.1, 0.15) is 5.75 Å². The molecular weight excluding hydrogens is 298 g/mol. The first-order valence-electron chi connectivity index (χ1n) is 8.53. The summed E-state index contributed by atoms with van der Waals surface area (Å²) in [7, 11) is 0. The summed E-state index contributed by atoms with van der Waals surface area (Å²) in [5.74, 6) is 0.746. The molecule has 0 N–H and O–H groups in total. The van der Waals surface area contributed by atoms with E-state index in [2.05, 4.69) is 39.0 Å². The Hall–Kier alpha value is -2.29. The van der Waals surface area contributed by atoms with E-state index in [4.69, 9.17) is 4.74 Å². The fourth-order valence-electron chi connectivity index (χ4n) is 3.07. The van der Waals surface area contributed by atoms with E-state index in [1.807, 2.05) is 42.2 Å². The molecule has 1 aliphatic heterocycles. The summed E-state index contributed by atoms with van der Waals surface area (Å²) in [6, 6.07) is 16.1. The fraction of sp³-hybridized carbons (Fsp3) is 0.381. The third kappa shape index (κ3) is 3.30. The third-order valence-electron chi connectivity index (χ3n) is 4.53. The summed E-state index contributed by atoms with van der Waals surface area (Å²) in [4.78, 5) is 14.6. The normalized spacial score (nSPS) is 15.1. The van der Waals surface area contributed by atoms with Crippen LogP contribution in [-0.4, -0.2) is 18.6 Å². The lowest BCUT2D eigenvalue weighted by molar-refractivity contribution is -0.124. The molecule has 0 fully saturated rings. The molecule has 0 radical (unpaired) electrons. The van der Waals surface area contributed by atoms with E-state index < -0.39 is 6.10 Å². The quantitative estimate of drug-likeness (QED) is 0.841. The molecule has 1 aliphatic rings. The molecule has 2 aromatic rings. The van der Waals surface area contributed by atoms with Crippen molar-refractivity contribution in [2.24, 2.45) is 0 Å². The number of rotatable bonds is 3. The first-order valence-corrected chi connectivity index (χ1v) is 8.53. The van der Waals surface area contributed by atoms with Crippen LogP contribution in [0.1, 0.15) is 38.8 Å². The lowest BCUT2D eigenvalue weighted by Crippen LogP contribution is -2.39. The second kappa shape index (κ2) is 6.31. The van der Waals surface area contributed by atoms with Gasteiger partial charge in [-0.25, -0.2) is 0 Å². The molecule has 1 heterocycles. The van der Waals surface area contributed by atoms with Crippen LogP contribution in [0.3, 0.4) is 0 Å². The van der Waals surface area contributed by atoms with Gasteiger partial charge >= 0.3 is 0 Å². The van der Waals surface area contributed by atoms with Crippen LogP contribution in [-0.2, 0) is 16.6 Å². The summed E-state index contributed by atoms with van der Waals surface area (Å²) in [6.45, 7) is 9.09. The van der Waals surface area contributed by atoms with Crippen LogP contribution in [0.15, 0.2) is 48.5 Å². The SMILES string of the molecule is CC(Oc1ccc(C(C)(C)C)cc1)C(=O)N1CCc2ccccc21. The number of anilines is 1. The highest BCUT2D eigenvalue weighted by Crippen LogP contribution is 2.29. The number of ether oxygens (including phenoxy) is 1. The highest BCUT2D eigenvalue weighted by atomic mass is 16.5. The van der Waals surface area contributed by atoms with Crippen molar-refractivity contribution >= 4 is 11.6 Å². The zero-order chi connectivity index (χ0) is 17.3. The van der Waals surface area contributed by atoms with Crippen molar-refractivity contribution in [2.75, 3.05) is 11.4 Å². The molecule has 3 rings (SSSR count). The smallest absolute Gasteiger partial charge is 0.267 e. The topological polar surface area (TPSA) is 29.5 Å². The van der Waals surface area contributed by atoms with E-state index in [-0.39, 0.29) is 11.3 Å². The summed E-state index contributed by atoms with van der Waals surface area (Å²) < 4.78 is 5.88. The van der Waals surface area contributed by atoms with Gasteiger partial charge in [0.05, 0.1) is 0 Å². The molecule has 0 saturated carbocycles. The summed E-state index contributed by atoms with van der Waals surface area (Å²) in [5.41, 5.74) is 3.61. The molecule has 0 bridgehead atoms. The van der Waals surface area contributed by atoms with Gasteiger partial charge in [0.25, 0.3) is 5.91 Å². The van der Waals surface area contributed by atoms with E-state index in [0.717, 1.165) is 24.4 Å². The first kappa shape index (κ1) is 16.6. The maximum absolute atomic E-state index is 12.7. The number of carbonyl (C=O) groups is 1. The Balaban J connectivity index is 1.69. The Morgan fingerprint density at radius 2 is 1.75 bits per heavy atom. The highest BCUT2D eigenvalue weighted by Gasteiger charge is 2.28. The molecule has 1 atom stereocenters. The monoisotopic (exact) mass is 323 g/mol. The van der Waals surface area contributed by atoms with Crippen LogP contribution >= 0.6 is 0 Å². The van der Waals surface area contributed by atoms with E-state index in [0.29, 0.717) is 0 Å². The molecule has 0 aliphatic carbocycles. The molecule has 24 heavy (non-hydrogen) atoms. The lowest BCUT2D eigenvalue weighted by atomic mass is 9.87. The predicted molar refractivity (Wildman–Crippen MR) is 97.7 cm³/mol. The molecule has 0 saturated heterocycles.